The average Bonchev–Trinajstić information content (AvgIpc) is 2.79. The molecule has 1 atom stereocenters. The van der Waals surface area contributed by atoms with E-state index in [1.807, 2.05) is 31.2 Å². The van der Waals surface area contributed by atoms with Crippen LogP contribution in [0.4, 0.5) is 5.69 Å². The van der Waals surface area contributed by atoms with Crippen molar-refractivity contribution in [3.05, 3.63) is 62.1 Å². The molecule has 0 spiro atoms. The number of carbonyl (C=O) groups is 1. The number of carbonyl (C=O) groups excluding carboxylic acids is 1. The summed E-state index contributed by atoms with van der Waals surface area (Å²) in [5.74, 6) is -0.00808. The van der Waals surface area contributed by atoms with Crippen LogP contribution in [0.15, 0.2) is 34.8 Å². The highest BCUT2D eigenvalue weighted by atomic mass is 79.9. The highest BCUT2D eigenvalue weighted by Crippen LogP contribution is 2.34. The Morgan fingerprint density at radius 3 is 2.81 bits per heavy atom. The molecular formula is C16H14BrClN2O. The van der Waals surface area contributed by atoms with Crippen LogP contribution in [0.3, 0.4) is 0 Å². The highest BCUT2D eigenvalue weighted by molar-refractivity contribution is 9.10. The molecule has 0 aliphatic carbocycles. The van der Waals surface area contributed by atoms with Gasteiger partial charge in [0, 0.05) is 15.2 Å². The minimum Gasteiger partial charge on any atom is -0.325 e. The predicted octanol–water partition coefficient (Wildman–Crippen LogP) is 3.95. The van der Waals surface area contributed by atoms with Crippen LogP contribution in [-0.2, 0) is 11.2 Å². The van der Waals surface area contributed by atoms with Gasteiger partial charge in [0.15, 0.2) is 0 Å². The Balaban J connectivity index is 2.02. The summed E-state index contributed by atoms with van der Waals surface area (Å²) in [7, 11) is 0. The molecule has 0 bridgehead atoms. The zero-order valence-corrected chi connectivity index (χ0v) is 13.8. The molecule has 1 aliphatic rings. The lowest BCUT2D eigenvalue weighted by Crippen LogP contribution is -2.13. The smallest absolute Gasteiger partial charge is 0.228 e. The van der Waals surface area contributed by atoms with Gasteiger partial charge in [0.05, 0.1) is 12.5 Å². The number of hydrogen-bond donors (Lipinski definition) is 2. The van der Waals surface area contributed by atoms with Gasteiger partial charge in [0.2, 0.25) is 5.91 Å². The third-order valence-electron chi connectivity index (χ3n) is 3.72. The van der Waals surface area contributed by atoms with Crippen LogP contribution in [0.2, 0.25) is 5.02 Å². The Kier molecular flexibility index (Phi) is 3.78. The van der Waals surface area contributed by atoms with E-state index in [4.69, 9.17) is 17.3 Å². The van der Waals surface area contributed by atoms with Crippen LogP contribution in [0.5, 0.6) is 0 Å². The van der Waals surface area contributed by atoms with Gasteiger partial charge in [-0.3, -0.25) is 4.79 Å². The molecule has 1 aliphatic heterocycles. The fraction of sp³-hybridized carbons (Fsp3) is 0.188. The van der Waals surface area contributed by atoms with Crippen molar-refractivity contribution >= 4 is 39.1 Å². The monoisotopic (exact) mass is 364 g/mol. The maximum atomic E-state index is 11.5. The van der Waals surface area contributed by atoms with Gasteiger partial charge in [0.25, 0.3) is 0 Å². The molecular weight excluding hydrogens is 352 g/mol. The molecule has 1 unspecified atom stereocenters. The number of benzene rings is 2. The molecule has 0 fully saturated rings. The quantitative estimate of drug-likeness (QED) is 0.846. The minimum atomic E-state index is -0.315. The van der Waals surface area contributed by atoms with E-state index >= 15 is 0 Å². The lowest BCUT2D eigenvalue weighted by atomic mass is 9.96. The molecule has 5 heteroatoms. The van der Waals surface area contributed by atoms with E-state index in [0.717, 1.165) is 32.4 Å². The standard InChI is InChI=1S/C16H14BrClN2O/c1-8-4-9(2-3-12(8)17)16(19)11-5-10-6-15(21)20-14(10)7-13(11)18/h2-5,7,16H,6,19H2,1H3,(H,20,21). The second-order valence-corrected chi connectivity index (χ2v) is 6.50. The molecule has 1 heterocycles. The van der Waals surface area contributed by atoms with Gasteiger partial charge < -0.3 is 11.1 Å². The van der Waals surface area contributed by atoms with Crippen molar-refractivity contribution in [3.8, 4) is 0 Å². The second-order valence-electron chi connectivity index (χ2n) is 5.24. The number of hydrogen-bond acceptors (Lipinski definition) is 2. The van der Waals surface area contributed by atoms with Crippen molar-refractivity contribution in [1.82, 2.24) is 0 Å². The molecule has 0 aromatic heterocycles. The molecule has 0 saturated heterocycles. The molecule has 21 heavy (non-hydrogen) atoms. The van der Waals surface area contributed by atoms with Crippen molar-refractivity contribution in [2.24, 2.45) is 5.73 Å². The van der Waals surface area contributed by atoms with E-state index in [-0.39, 0.29) is 11.9 Å². The minimum absolute atomic E-state index is 0.00808. The first-order valence-corrected chi connectivity index (χ1v) is 7.76. The Bertz CT molecular complexity index is 745. The summed E-state index contributed by atoms with van der Waals surface area (Å²) < 4.78 is 1.05. The lowest BCUT2D eigenvalue weighted by Gasteiger charge is -2.16. The van der Waals surface area contributed by atoms with Gasteiger partial charge in [-0.15, -0.1) is 0 Å². The third-order valence-corrected chi connectivity index (χ3v) is 4.94. The number of nitrogens with one attached hydrogen (secondary N) is 1. The molecule has 1 amide bonds. The molecule has 2 aromatic carbocycles. The van der Waals surface area contributed by atoms with E-state index in [9.17, 15) is 4.79 Å². The van der Waals surface area contributed by atoms with Crippen molar-refractivity contribution in [3.63, 3.8) is 0 Å². The van der Waals surface area contributed by atoms with Crippen molar-refractivity contribution in [2.75, 3.05) is 5.32 Å². The number of fused-ring (bicyclic) bond motifs is 1. The van der Waals surface area contributed by atoms with Gasteiger partial charge in [-0.25, -0.2) is 0 Å². The van der Waals surface area contributed by atoms with Gasteiger partial charge in [-0.2, -0.15) is 0 Å². The molecule has 3 N–H and O–H groups in total. The summed E-state index contributed by atoms with van der Waals surface area (Å²) in [5.41, 5.74) is 11.1. The van der Waals surface area contributed by atoms with E-state index in [1.54, 1.807) is 6.07 Å². The number of amides is 1. The topological polar surface area (TPSA) is 55.1 Å². The second kappa shape index (κ2) is 5.44. The molecule has 0 saturated carbocycles. The fourth-order valence-electron chi connectivity index (χ4n) is 2.55. The number of anilines is 1. The summed E-state index contributed by atoms with van der Waals surface area (Å²) in [5, 5.41) is 3.36. The average molecular weight is 366 g/mol. The van der Waals surface area contributed by atoms with Crippen molar-refractivity contribution < 1.29 is 4.79 Å². The largest absolute Gasteiger partial charge is 0.325 e. The Labute approximate surface area is 136 Å². The van der Waals surface area contributed by atoms with Crippen LogP contribution in [0.1, 0.15) is 28.3 Å². The molecule has 108 valence electrons. The molecule has 3 rings (SSSR count). The first-order chi connectivity index (χ1) is 9.95. The van der Waals surface area contributed by atoms with Gasteiger partial charge >= 0.3 is 0 Å². The summed E-state index contributed by atoms with van der Waals surface area (Å²) in [6.45, 7) is 2.02. The lowest BCUT2D eigenvalue weighted by molar-refractivity contribution is -0.115. The predicted molar refractivity (Wildman–Crippen MR) is 88.7 cm³/mol. The Morgan fingerprint density at radius 2 is 2.10 bits per heavy atom. The van der Waals surface area contributed by atoms with Gasteiger partial charge in [0.1, 0.15) is 0 Å². The first kappa shape index (κ1) is 14.6. The highest BCUT2D eigenvalue weighted by Gasteiger charge is 2.22. The third kappa shape index (κ3) is 2.71. The summed E-state index contributed by atoms with van der Waals surface area (Å²) in [6, 6.07) is 9.40. The fourth-order valence-corrected chi connectivity index (χ4v) is 3.07. The molecule has 2 aromatic rings. The van der Waals surface area contributed by atoms with Crippen molar-refractivity contribution in [1.29, 1.82) is 0 Å². The van der Waals surface area contributed by atoms with Gasteiger partial charge in [-0.1, -0.05) is 39.7 Å². The Morgan fingerprint density at radius 1 is 1.33 bits per heavy atom. The molecule has 0 radical (unpaired) electrons. The molecule has 3 nitrogen and oxygen atoms in total. The normalized spacial score (nSPS) is 14.8. The zero-order valence-electron chi connectivity index (χ0n) is 11.4. The number of halogens is 2. The maximum absolute atomic E-state index is 11.5. The van der Waals surface area contributed by atoms with E-state index in [0.29, 0.717) is 11.4 Å². The number of rotatable bonds is 2. The zero-order chi connectivity index (χ0) is 15.1. The van der Waals surface area contributed by atoms with Crippen LogP contribution >= 0.6 is 27.5 Å². The van der Waals surface area contributed by atoms with E-state index < -0.39 is 0 Å². The van der Waals surface area contributed by atoms with E-state index in [2.05, 4.69) is 21.2 Å². The summed E-state index contributed by atoms with van der Waals surface area (Å²) in [6.07, 6.45) is 0.381. The van der Waals surface area contributed by atoms with Gasteiger partial charge in [-0.05, 0) is 47.4 Å². The van der Waals surface area contributed by atoms with Crippen LogP contribution in [-0.4, -0.2) is 5.91 Å². The van der Waals surface area contributed by atoms with Crippen LogP contribution in [0.25, 0.3) is 0 Å². The Hall–Kier alpha value is -1.36. The van der Waals surface area contributed by atoms with Crippen molar-refractivity contribution in [2.45, 2.75) is 19.4 Å². The summed E-state index contributed by atoms with van der Waals surface area (Å²) in [4.78, 5) is 11.5. The van der Waals surface area contributed by atoms with Crippen LogP contribution < -0.4 is 11.1 Å². The maximum Gasteiger partial charge on any atom is 0.228 e. The SMILES string of the molecule is Cc1cc(C(N)c2cc3c(cc2Cl)NC(=O)C3)ccc1Br. The van der Waals surface area contributed by atoms with Crippen LogP contribution in [0, 0.1) is 6.92 Å². The number of nitrogens with two attached hydrogens (primary N) is 1. The van der Waals surface area contributed by atoms with E-state index in [1.165, 1.54) is 0 Å². The summed E-state index contributed by atoms with van der Waals surface area (Å²) >= 11 is 9.81. The first-order valence-electron chi connectivity index (χ1n) is 6.59. The number of aryl methyl sites for hydroxylation is 1.